The number of allylic oxidation sites excluding steroid dienone is 1. The number of benzene rings is 1. The van der Waals surface area contributed by atoms with Crippen molar-refractivity contribution >= 4 is 11.8 Å². The van der Waals surface area contributed by atoms with Crippen LogP contribution in [0.5, 0.6) is 0 Å². The number of aryl methyl sites for hydroxylation is 1. The fourth-order valence-corrected chi connectivity index (χ4v) is 2.06. The van der Waals surface area contributed by atoms with Crippen molar-refractivity contribution in [3.05, 3.63) is 41.5 Å². The molecular formula is C12H16S. The quantitative estimate of drug-likeness (QED) is 0.514. The van der Waals surface area contributed by atoms with Crippen LogP contribution >= 0.6 is 11.8 Å². The van der Waals surface area contributed by atoms with Crippen molar-refractivity contribution in [2.24, 2.45) is 0 Å². The molecule has 0 N–H and O–H groups in total. The second-order valence-electron chi connectivity index (χ2n) is 3.41. The third-order valence-electron chi connectivity index (χ3n) is 1.73. The van der Waals surface area contributed by atoms with E-state index in [0.29, 0.717) is 0 Å². The van der Waals surface area contributed by atoms with Gasteiger partial charge in [-0.15, -0.1) is 11.8 Å². The summed E-state index contributed by atoms with van der Waals surface area (Å²) in [5.74, 6) is 1.08. The molecule has 0 aliphatic rings. The molecule has 0 heterocycles. The highest BCUT2D eigenvalue weighted by Crippen LogP contribution is 2.19. The largest absolute Gasteiger partial charge is 0.122 e. The van der Waals surface area contributed by atoms with Gasteiger partial charge in [0.15, 0.2) is 0 Å². The van der Waals surface area contributed by atoms with Crippen molar-refractivity contribution in [1.82, 2.24) is 0 Å². The van der Waals surface area contributed by atoms with E-state index >= 15 is 0 Å². The Morgan fingerprint density at radius 2 is 2.15 bits per heavy atom. The first-order valence-corrected chi connectivity index (χ1v) is 5.50. The van der Waals surface area contributed by atoms with Crippen LogP contribution in [-0.2, 0) is 0 Å². The van der Waals surface area contributed by atoms with E-state index in [0.717, 1.165) is 5.75 Å². The van der Waals surface area contributed by atoms with Crippen LogP contribution < -0.4 is 0 Å². The predicted octanol–water partition coefficient (Wildman–Crippen LogP) is 4.05. The molecular weight excluding hydrogens is 176 g/mol. The fraction of sp³-hybridized carbons (Fsp3) is 0.333. The molecule has 0 aliphatic carbocycles. The van der Waals surface area contributed by atoms with Gasteiger partial charge in [-0.25, -0.2) is 0 Å². The highest BCUT2D eigenvalue weighted by atomic mass is 32.2. The minimum Gasteiger partial charge on any atom is -0.122 e. The number of hydrogen-bond donors (Lipinski definition) is 0. The van der Waals surface area contributed by atoms with Crippen LogP contribution in [0.4, 0.5) is 0 Å². The van der Waals surface area contributed by atoms with Crippen molar-refractivity contribution in [3.63, 3.8) is 0 Å². The SMILES string of the molecule is CC(C)=CCSc1cccc(C)c1. The molecule has 0 atom stereocenters. The molecule has 0 spiro atoms. The van der Waals surface area contributed by atoms with Crippen molar-refractivity contribution < 1.29 is 0 Å². The van der Waals surface area contributed by atoms with Gasteiger partial charge in [0, 0.05) is 10.6 Å². The maximum absolute atomic E-state index is 2.26. The van der Waals surface area contributed by atoms with Gasteiger partial charge in [-0.1, -0.05) is 29.3 Å². The molecule has 0 nitrogen and oxygen atoms in total. The molecule has 0 saturated carbocycles. The average Bonchev–Trinajstić information content (AvgIpc) is 2.03. The molecule has 0 amide bonds. The third-order valence-corrected chi connectivity index (χ3v) is 2.65. The summed E-state index contributed by atoms with van der Waals surface area (Å²) in [7, 11) is 0. The fourth-order valence-electron chi connectivity index (χ4n) is 1.01. The Morgan fingerprint density at radius 1 is 1.38 bits per heavy atom. The summed E-state index contributed by atoms with van der Waals surface area (Å²) in [6.07, 6.45) is 2.26. The number of thioether (sulfide) groups is 1. The van der Waals surface area contributed by atoms with Crippen molar-refractivity contribution in [1.29, 1.82) is 0 Å². The minimum absolute atomic E-state index is 1.08. The van der Waals surface area contributed by atoms with Gasteiger partial charge in [-0.2, -0.15) is 0 Å². The van der Waals surface area contributed by atoms with E-state index in [2.05, 4.69) is 51.1 Å². The number of hydrogen-bond acceptors (Lipinski definition) is 1. The maximum atomic E-state index is 2.26. The van der Waals surface area contributed by atoms with Crippen LogP contribution in [-0.4, -0.2) is 5.75 Å². The Labute approximate surface area is 85.1 Å². The van der Waals surface area contributed by atoms with Crippen LogP contribution in [0.2, 0.25) is 0 Å². The van der Waals surface area contributed by atoms with Crippen LogP contribution in [0.1, 0.15) is 19.4 Å². The van der Waals surface area contributed by atoms with E-state index in [1.54, 1.807) is 0 Å². The van der Waals surface area contributed by atoms with Crippen LogP contribution in [0.25, 0.3) is 0 Å². The van der Waals surface area contributed by atoms with Crippen molar-refractivity contribution in [2.45, 2.75) is 25.7 Å². The average molecular weight is 192 g/mol. The molecule has 1 rings (SSSR count). The van der Waals surface area contributed by atoms with Gasteiger partial charge in [0.2, 0.25) is 0 Å². The molecule has 70 valence electrons. The zero-order valence-electron chi connectivity index (χ0n) is 8.50. The van der Waals surface area contributed by atoms with E-state index in [4.69, 9.17) is 0 Å². The zero-order valence-corrected chi connectivity index (χ0v) is 9.32. The molecule has 0 bridgehead atoms. The molecule has 1 aromatic carbocycles. The Morgan fingerprint density at radius 3 is 2.77 bits per heavy atom. The molecule has 0 aliphatic heterocycles. The lowest BCUT2D eigenvalue weighted by molar-refractivity contribution is 1.35. The van der Waals surface area contributed by atoms with Gasteiger partial charge >= 0.3 is 0 Å². The predicted molar refractivity (Wildman–Crippen MR) is 61.3 cm³/mol. The smallest absolute Gasteiger partial charge is 0.0163 e. The highest BCUT2D eigenvalue weighted by molar-refractivity contribution is 7.99. The third kappa shape index (κ3) is 4.18. The Bertz CT molecular complexity index is 296. The van der Waals surface area contributed by atoms with Crippen LogP contribution in [0.15, 0.2) is 40.8 Å². The zero-order chi connectivity index (χ0) is 9.68. The number of rotatable bonds is 3. The van der Waals surface area contributed by atoms with Crippen LogP contribution in [0.3, 0.4) is 0 Å². The lowest BCUT2D eigenvalue weighted by atomic mass is 10.2. The lowest BCUT2D eigenvalue weighted by Crippen LogP contribution is -1.77. The summed E-state index contributed by atoms with van der Waals surface area (Å²) in [5.41, 5.74) is 2.72. The normalized spacial score (nSPS) is 9.77. The Kier molecular flexibility index (Phi) is 4.10. The second kappa shape index (κ2) is 5.13. The molecule has 1 aromatic rings. The summed E-state index contributed by atoms with van der Waals surface area (Å²) in [6.45, 7) is 6.40. The van der Waals surface area contributed by atoms with E-state index in [9.17, 15) is 0 Å². The Balaban J connectivity index is 2.50. The lowest BCUT2D eigenvalue weighted by Gasteiger charge is -1.99. The molecule has 0 radical (unpaired) electrons. The van der Waals surface area contributed by atoms with E-state index < -0.39 is 0 Å². The Hall–Kier alpha value is -0.690. The summed E-state index contributed by atoms with van der Waals surface area (Å²) in [4.78, 5) is 1.36. The van der Waals surface area contributed by atoms with E-state index in [1.807, 2.05) is 11.8 Å². The first-order valence-electron chi connectivity index (χ1n) is 4.51. The van der Waals surface area contributed by atoms with Gasteiger partial charge < -0.3 is 0 Å². The minimum atomic E-state index is 1.08. The maximum Gasteiger partial charge on any atom is 0.0163 e. The summed E-state index contributed by atoms with van der Waals surface area (Å²) in [5, 5.41) is 0. The van der Waals surface area contributed by atoms with Crippen molar-refractivity contribution in [2.75, 3.05) is 5.75 Å². The molecule has 0 fully saturated rings. The summed E-state index contributed by atoms with van der Waals surface area (Å²) in [6, 6.07) is 8.63. The topological polar surface area (TPSA) is 0 Å². The highest BCUT2D eigenvalue weighted by Gasteiger charge is 1.91. The molecule has 0 aromatic heterocycles. The second-order valence-corrected chi connectivity index (χ2v) is 4.50. The standard InChI is InChI=1S/C12H16S/c1-10(2)7-8-13-12-6-4-5-11(3)9-12/h4-7,9H,8H2,1-3H3. The molecule has 1 heteroatoms. The first kappa shape index (κ1) is 10.4. The van der Waals surface area contributed by atoms with E-state index in [1.165, 1.54) is 16.0 Å². The van der Waals surface area contributed by atoms with Gasteiger partial charge in [-0.05, 0) is 32.9 Å². The summed E-state index contributed by atoms with van der Waals surface area (Å²) >= 11 is 1.89. The van der Waals surface area contributed by atoms with Gasteiger partial charge in [-0.3, -0.25) is 0 Å². The van der Waals surface area contributed by atoms with Gasteiger partial charge in [0.05, 0.1) is 0 Å². The monoisotopic (exact) mass is 192 g/mol. The molecule has 0 unspecified atom stereocenters. The van der Waals surface area contributed by atoms with Gasteiger partial charge in [0.25, 0.3) is 0 Å². The summed E-state index contributed by atoms with van der Waals surface area (Å²) < 4.78 is 0. The molecule has 0 saturated heterocycles. The van der Waals surface area contributed by atoms with Crippen LogP contribution in [0, 0.1) is 6.92 Å². The molecule has 13 heavy (non-hydrogen) atoms. The van der Waals surface area contributed by atoms with E-state index in [-0.39, 0.29) is 0 Å². The first-order chi connectivity index (χ1) is 6.18. The van der Waals surface area contributed by atoms with Gasteiger partial charge in [0.1, 0.15) is 0 Å². The van der Waals surface area contributed by atoms with Crippen molar-refractivity contribution in [3.8, 4) is 0 Å².